The fraction of sp³-hybridized carbons (Fsp3) is 0.130. The van der Waals surface area contributed by atoms with E-state index in [-0.39, 0.29) is 11.9 Å². The third-order valence-electron chi connectivity index (χ3n) is 4.50. The summed E-state index contributed by atoms with van der Waals surface area (Å²) in [4.78, 5) is 22.4. The molecule has 179 valence electrons. The molecule has 33 heavy (non-hydrogen) atoms. The zero-order chi connectivity index (χ0) is 24.6. The van der Waals surface area contributed by atoms with Crippen LogP contribution < -0.4 is 25.4 Å². The summed E-state index contributed by atoms with van der Waals surface area (Å²) in [5.74, 6) is 0.381. The standard InChI is InChI=1S/C23H22O4P.4ClH.Fe/c1-17(24)26-19-9-13-22(14-10-19)28(3,21-7-5-4-6-8-21)23-15-11-20(12-16-23)27-18(2)25;;;;;/h4-16H,1-3H3;4*1H;/q+1;;;;;+3/p-4. The van der Waals surface area contributed by atoms with E-state index in [0.29, 0.717) is 11.5 Å². The molecule has 0 aliphatic heterocycles. The Hall–Kier alpha value is -1.29. The van der Waals surface area contributed by atoms with Gasteiger partial charge in [-0.1, -0.05) is 18.2 Å². The van der Waals surface area contributed by atoms with Crippen molar-refractivity contribution >= 4 is 75.5 Å². The Morgan fingerprint density at radius 3 is 1.24 bits per heavy atom. The van der Waals surface area contributed by atoms with Gasteiger partial charge < -0.3 is 9.47 Å². The average Bonchev–Trinajstić information content (AvgIpc) is 2.73. The zero-order valence-electron chi connectivity index (χ0n) is 18.0. The molecule has 10 heteroatoms. The third kappa shape index (κ3) is 9.11. The van der Waals surface area contributed by atoms with Crippen molar-refractivity contribution in [3.8, 4) is 11.5 Å². The maximum absolute atomic E-state index is 11.2. The number of halogens is 4. The molecule has 0 N–H and O–H groups in total. The van der Waals surface area contributed by atoms with Gasteiger partial charge in [0.25, 0.3) is 0 Å². The maximum atomic E-state index is 11.2. The Bertz CT molecular complexity index is 1010. The molecule has 0 saturated heterocycles. The normalized spacial score (nSPS) is 11.6. The van der Waals surface area contributed by atoms with Crippen LogP contribution in [0.5, 0.6) is 11.5 Å². The second kappa shape index (κ2) is 12.4. The average molecular weight is 591 g/mol. The molecular formula is C23H22Cl4FeO4P. The van der Waals surface area contributed by atoms with E-state index in [0.717, 1.165) is 10.6 Å². The van der Waals surface area contributed by atoms with Gasteiger partial charge in [0.2, 0.25) is 0 Å². The van der Waals surface area contributed by atoms with E-state index in [4.69, 9.17) is 49.9 Å². The number of carbonyl (C=O) groups is 2. The number of hydrogen-bond acceptors (Lipinski definition) is 4. The second-order valence-corrected chi connectivity index (χ2v) is 21.3. The van der Waals surface area contributed by atoms with Crippen LogP contribution in [0, 0.1) is 0 Å². The van der Waals surface area contributed by atoms with Crippen molar-refractivity contribution < 1.29 is 28.3 Å². The Morgan fingerprint density at radius 1 is 0.636 bits per heavy atom. The van der Waals surface area contributed by atoms with Crippen molar-refractivity contribution in [3.63, 3.8) is 0 Å². The van der Waals surface area contributed by atoms with Crippen LogP contribution in [0.2, 0.25) is 0 Å². The summed E-state index contributed by atoms with van der Waals surface area (Å²) >= 11 is 0. The molecule has 0 fully saturated rings. The van der Waals surface area contributed by atoms with Crippen molar-refractivity contribution in [2.24, 2.45) is 0 Å². The molecule has 0 heterocycles. The quantitative estimate of drug-likeness (QED) is 0.153. The first-order valence-electron chi connectivity index (χ1n) is 9.43. The Balaban J connectivity index is 0.000000696. The molecule has 0 amide bonds. The van der Waals surface area contributed by atoms with Crippen molar-refractivity contribution in [1.29, 1.82) is 0 Å². The van der Waals surface area contributed by atoms with E-state index in [1.54, 1.807) is 0 Å². The van der Waals surface area contributed by atoms with Crippen LogP contribution in [0.15, 0.2) is 78.9 Å². The summed E-state index contributed by atoms with van der Waals surface area (Å²) in [6.07, 6.45) is 0. The summed E-state index contributed by atoms with van der Waals surface area (Å²) in [6, 6.07) is 25.7. The summed E-state index contributed by atoms with van der Waals surface area (Å²) in [7, 11) is 15.3. The summed E-state index contributed by atoms with van der Waals surface area (Å²) in [5.41, 5.74) is 0. The van der Waals surface area contributed by atoms with Gasteiger partial charge in [0.1, 0.15) is 34.7 Å². The van der Waals surface area contributed by atoms with Crippen molar-refractivity contribution in [2.45, 2.75) is 13.8 Å². The molecule has 0 spiro atoms. The summed E-state index contributed by atoms with van der Waals surface area (Å²) < 4.78 is 10.3. The molecule has 0 atom stereocenters. The fourth-order valence-corrected chi connectivity index (χ4v) is 6.28. The molecule has 3 rings (SSSR count). The van der Waals surface area contributed by atoms with E-state index in [9.17, 15) is 9.59 Å². The van der Waals surface area contributed by atoms with E-state index < -0.39 is 16.5 Å². The number of benzene rings is 3. The second-order valence-electron chi connectivity index (χ2n) is 6.82. The topological polar surface area (TPSA) is 52.6 Å². The molecule has 0 radical (unpaired) electrons. The van der Waals surface area contributed by atoms with Gasteiger partial charge in [-0.25, -0.2) is 0 Å². The van der Waals surface area contributed by atoms with Gasteiger partial charge in [-0.15, -0.1) is 0 Å². The molecule has 0 unspecified atom stereocenters. The zero-order valence-corrected chi connectivity index (χ0v) is 23.0. The number of hydrogen-bond donors (Lipinski definition) is 0. The first-order chi connectivity index (χ1) is 15.4. The molecule has 0 aliphatic carbocycles. The number of carbonyl (C=O) groups excluding carboxylic acids is 2. The summed E-state index contributed by atoms with van der Waals surface area (Å²) in [6.45, 7) is 5.03. The van der Waals surface area contributed by atoms with Gasteiger partial charge in [0.15, 0.2) is 0 Å². The van der Waals surface area contributed by atoms with Crippen LogP contribution in [0.3, 0.4) is 0 Å². The minimum atomic E-state index is -2.61. The molecule has 0 aliphatic rings. The van der Waals surface area contributed by atoms with Crippen LogP contribution in [0.25, 0.3) is 0 Å². The van der Waals surface area contributed by atoms with Gasteiger partial charge in [-0.3, -0.25) is 9.59 Å². The molecule has 0 saturated carbocycles. The van der Waals surface area contributed by atoms with Crippen LogP contribution in [-0.4, -0.2) is 18.6 Å². The van der Waals surface area contributed by atoms with Gasteiger partial charge >= 0.3 is 61.5 Å². The molecule has 4 nitrogen and oxygen atoms in total. The predicted molar refractivity (Wildman–Crippen MR) is 137 cm³/mol. The SMILES string of the molecule is CC(=O)Oc1ccc([P+](C)(c2ccccc2)c2ccc(OC(C)=O)cc2)cc1.[Cl][Fe-]([Cl])([Cl])[Cl]. The minimum absolute atomic E-state index is 0.338. The van der Waals surface area contributed by atoms with Crippen LogP contribution in [0.1, 0.15) is 13.8 Å². The van der Waals surface area contributed by atoms with Crippen molar-refractivity contribution in [3.05, 3.63) is 78.9 Å². The molecule has 0 aromatic heterocycles. The molecule has 0 bridgehead atoms. The fourth-order valence-electron chi connectivity index (χ4n) is 3.13. The molecular weight excluding hydrogens is 569 g/mol. The first kappa shape index (κ1) is 28.0. The van der Waals surface area contributed by atoms with Gasteiger partial charge in [-0.2, -0.15) is 0 Å². The van der Waals surface area contributed by atoms with Crippen LogP contribution in [-0.2, 0) is 18.8 Å². The van der Waals surface area contributed by atoms with Gasteiger partial charge in [0.05, 0.1) is 6.66 Å². The van der Waals surface area contributed by atoms with Crippen LogP contribution in [0.4, 0.5) is 0 Å². The predicted octanol–water partition coefficient (Wildman–Crippen LogP) is 6.22. The van der Waals surface area contributed by atoms with E-state index in [2.05, 4.69) is 18.8 Å². The van der Waals surface area contributed by atoms with Crippen molar-refractivity contribution in [2.75, 3.05) is 6.66 Å². The van der Waals surface area contributed by atoms with E-state index >= 15 is 0 Å². The van der Waals surface area contributed by atoms with Gasteiger partial charge in [0, 0.05) is 13.8 Å². The van der Waals surface area contributed by atoms with E-state index in [1.807, 2.05) is 66.7 Å². The van der Waals surface area contributed by atoms with Crippen molar-refractivity contribution in [1.82, 2.24) is 0 Å². The molecule has 3 aromatic carbocycles. The Morgan fingerprint density at radius 2 is 0.939 bits per heavy atom. The number of rotatable bonds is 5. The number of ether oxygens (including phenoxy) is 2. The Kier molecular flexibility index (Phi) is 10.5. The monoisotopic (exact) mass is 589 g/mol. The molecule has 3 aromatic rings. The number of esters is 2. The van der Waals surface area contributed by atoms with E-state index in [1.165, 1.54) is 19.2 Å². The van der Waals surface area contributed by atoms with Gasteiger partial charge in [-0.05, 0) is 60.7 Å². The first-order valence-corrected chi connectivity index (χ1v) is 17.7. The Labute approximate surface area is 213 Å². The third-order valence-corrected chi connectivity index (χ3v) is 8.49. The van der Waals surface area contributed by atoms with Crippen LogP contribution >= 0.6 is 47.7 Å². The summed E-state index contributed by atoms with van der Waals surface area (Å²) in [5, 5.41) is 3.56.